The molecule has 1 aliphatic heterocycles. The van der Waals surface area contributed by atoms with E-state index >= 15 is 0 Å². The van der Waals surface area contributed by atoms with Crippen molar-refractivity contribution in [3.63, 3.8) is 0 Å². The largest absolute Gasteiger partial charge is 0.327 e. The van der Waals surface area contributed by atoms with Crippen LogP contribution in [0.15, 0.2) is 0 Å². The van der Waals surface area contributed by atoms with Crippen LogP contribution in [0.5, 0.6) is 0 Å². The highest BCUT2D eigenvalue weighted by Gasteiger charge is 2.28. The second-order valence-corrected chi connectivity index (χ2v) is 5.83. The van der Waals surface area contributed by atoms with Crippen molar-refractivity contribution in [2.24, 2.45) is 11.7 Å². The summed E-state index contributed by atoms with van der Waals surface area (Å²) < 4.78 is 0. The Morgan fingerprint density at radius 3 is 2.69 bits per heavy atom. The minimum absolute atomic E-state index is 0.462. The summed E-state index contributed by atoms with van der Waals surface area (Å²) in [5, 5.41) is 0. The van der Waals surface area contributed by atoms with Gasteiger partial charge in [-0.3, -0.25) is 0 Å². The maximum absolute atomic E-state index is 6.13. The Bertz CT molecular complexity index is 215. The van der Waals surface area contributed by atoms with Gasteiger partial charge in [0.15, 0.2) is 0 Å². The first-order valence-corrected chi connectivity index (χ1v) is 6.81. The molecular weight excluding hydrogens is 198 g/mol. The number of nitrogens with zero attached hydrogens (tertiary/aromatic N) is 2. The number of hydrogen-bond acceptors (Lipinski definition) is 3. The van der Waals surface area contributed by atoms with Crippen molar-refractivity contribution in [2.45, 2.75) is 44.2 Å². The van der Waals surface area contributed by atoms with Gasteiger partial charge in [-0.15, -0.1) is 0 Å². The van der Waals surface area contributed by atoms with Crippen LogP contribution in [0.1, 0.15) is 32.1 Å². The van der Waals surface area contributed by atoms with Gasteiger partial charge in [0.2, 0.25) is 0 Å². The molecular formula is C13H27N3. The van der Waals surface area contributed by atoms with Crippen LogP contribution in [0, 0.1) is 5.92 Å². The summed E-state index contributed by atoms with van der Waals surface area (Å²) in [5.41, 5.74) is 6.13. The SMILES string of the molecule is CN(CCC(N)C1CC1)CC1CCCN1C. The Labute approximate surface area is 100.0 Å². The molecule has 0 spiro atoms. The standard InChI is InChI=1S/C13H27N3/c1-15(9-7-13(14)11-5-6-11)10-12-4-3-8-16(12)2/h11-13H,3-10,14H2,1-2H3. The molecule has 94 valence electrons. The van der Waals surface area contributed by atoms with E-state index < -0.39 is 0 Å². The Morgan fingerprint density at radius 2 is 2.12 bits per heavy atom. The van der Waals surface area contributed by atoms with Crippen molar-refractivity contribution in [1.29, 1.82) is 0 Å². The second kappa shape index (κ2) is 5.48. The lowest BCUT2D eigenvalue weighted by atomic mass is 10.1. The van der Waals surface area contributed by atoms with Crippen LogP contribution >= 0.6 is 0 Å². The van der Waals surface area contributed by atoms with E-state index in [2.05, 4.69) is 23.9 Å². The predicted molar refractivity (Wildman–Crippen MR) is 68.5 cm³/mol. The van der Waals surface area contributed by atoms with Crippen molar-refractivity contribution in [2.75, 3.05) is 33.7 Å². The van der Waals surface area contributed by atoms with Crippen molar-refractivity contribution in [1.82, 2.24) is 9.80 Å². The zero-order chi connectivity index (χ0) is 11.5. The molecule has 2 atom stereocenters. The number of rotatable bonds is 6. The summed E-state index contributed by atoms with van der Waals surface area (Å²) in [4.78, 5) is 4.96. The molecule has 2 aliphatic rings. The third-order valence-electron chi connectivity index (χ3n) is 4.27. The fourth-order valence-electron chi connectivity index (χ4n) is 2.79. The average molecular weight is 225 g/mol. The highest BCUT2D eigenvalue weighted by atomic mass is 15.2. The van der Waals surface area contributed by atoms with Gasteiger partial charge in [-0.25, -0.2) is 0 Å². The quantitative estimate of drug-likeness (QED) is 0.736. The van der Waals surface area contributed by atoms with Crippen LogP contribution in [0.25, 0.3) is 0 Å². The normalized spacial score (nSPS) is 28.9. The van der Waals surface area contributed by atoms with Gasteiger partial charge < -0.3 is 15.5 Å². The summed E-state index contributed by atoms with van der Waals surface area (Å²) in [6, 6.07) is 1.24. The lowest BCUT2D eigenvalue weighted by Crippen LogP contribution is -2.38. The molecule has 1 heterocycles. The smallest absolute Gasteiger partial charge is 0.0220 e. The molecule has 0 aromatic rings. The predicted octanol–water partition coefficient (Wildman–Crippen LogP) is 1.14. The molecule has 2 unspecified atom stereocenters. The summed E-state index contributed by atoms with van der Waals surface area (Å²) >= 11 is 0. The first-order valence-electron chi connectivity index (χ1n) is 6.81. The van der Waals surface area contributed by atoms with Gasteiger partial charge in [-0.2, -0.15) is 0 Å². The first kappa shape index (κ1) is 12.3. The maximum atomic E-state index is 6.13. The lowest BCUT2D eigenvalue weighted by Gasteiger charge is -2.26. The number of nitrogens with two attached hydrogens (primary N) is 1. The molecule has 0 radical (unpaired) electrons. The molecule has 3 heteroatoms. The molecule has 0 bridgehead atoms. The molecule has 3 nitrogen and oxygen atoms in total. The minimum Gasteiger partial charge on any atom is -0.327 e. The maximum Gasteiger partial charge on any atom is 0.0220 e. The van der Waals surface area contributed by atoms with Gasteiger partial charge in [-0.05, 0) is 65.2 Å². The van der Waals surface area contributed by atoms with Gasteiger partial charge in [0.1, 0.15) is 0 Å². The highest BCUT2D eigenvalue weighted by molar-refractivity contribution is 4.85. The van der Waals surface area contributed by atoms with E-state index in [0.717, 1.165) is 12.0 Å². The second-order valence-electron chi connectivity index (χ2n) is 5.83. The number of likely N-dealkylation sites (N-methyl/N-ethyl adjacent to an activating group) is 2. The van der Waals surface area contributed by atoms with Crippen molar-refractivity contribution in [3.8, 4) is 0 Å². The topological polar surface area (TPSA) is 32.5 Å². The van der Waals surface area contributed by atoms with Gasteiger partial charge >= 0.3 is 0 Å². The minimum atomic E-state index is 0.462. The van der Waals surface area contributed by atoms with E-state index in [1.165, 1.54) is 51.7 Å². The zero-order valence-electron chi connectivity index (χ0n) is 10.9. The molecule has 16 heavy (non-hydrogen) atoms. The zero-order valence-corrected chi connectivity index (χ0v) is 10.9. The van der Waals surface area contributed by atoms with Crippen LogP contribution < -0.4 is 5.73 Å². The number of hydrogen-bond donors (Lipinski definition) is 1. The number of likely N-dealkylation sites (tertiary alicyclic amines) is 1. The molecule has 0 amide bonds. The summed E-state index contributed by atoms with van der Waals surface area (Å²) in [7, 11) is 4.49. The van der Waals surface area contributed by atoms with Gasteiger partial charge in [0.05, 0.1) is 0 Å². The summed E-state index contributed by atoms with van der Waals surface area (Å²) in [6.07, 6.45) is 6.66. The van der Waals surface area contributed by atoms with Crippen LogP contribution in [-0.4, -0.2) is 55.6 Å². The molecule has 1 aliphatic carbocycles. The van der Waals surface area contributed by atoms with E-state index in [0.29, 0.717) is 6.04 Å². The first-order chi connectivity index (χ1) is 7.66. The van der Waals surface area contributed by atoms with Crippen LogP contribution in [0.2, 0.25) is 0 Å². The Balaban J connectivity index is 1.61. The van der Waals surface area contributed by atoms with E-state index in [4.69, 9.17) is 5.73 Å². The monoisotopic (exact) mass is 225 g/mol. The fraction of sp³-hybridized carbons (Fsp3) is 1.00. The van der Waals surface area contributed by atoms with Gasteiger partial charge in [-0.1, -0.05) is 0 Å². The van der Waals surface area contributed by atoms with Crippen molar-refractivity contribution in [3.05, 3.63) is 0 Å². The summed E-state index contributed by atoms with van der Waals surface area (Å²) in [6.45, 7) is 3.66. The van der Waals surface area contributed by atoms with Crippen LogP contribution in [0.4, 0.5) is 0 Å². The van der Waals surface area contributed by atoms with Crippen LogP contribution in [0.3, 0.4) is 0 Å². The van der Waals surface area contributed by atoms with Crippen molar-refractivity contribution >= 4 is 0 Å². The molecule has 2 rings (SSSR count). The molecule has 0 aromatic carbocycles. The highest BCUT2D eigenvalue weighted by Crippen LogP contribution is 2.32. The molecule has 1 saturated carbocycles. The fourth-order valence-corrected chi connectivity index (χ4v) is 2.79. The summed E-state index contributed by atoms with van der Waals surface area (Å²) in [5.74, 6) is 0.850. The Kier molecular flexibility index (Phi) is 4.22. The van der Waals surface area contributed by atoms with Crippen LogP contribution in [-0.2, 0) is 0 Å². The van der Waals surface area contributed by atoms with E-state index in [9.17, 15) is 0 Å². The van der Waals surface area contributed by atoms with E-state index in [1.54, 1.807) is 0 Å². The van der Waals surface area contributed by atoms with E-state index in [-0.39, 0.29) is 0 Å². The van der Waals surface area contributed by atoms with E-state index in [1.807, 2.05) is 0 Å². The van der Waals surface area contributed by atoms with Gasteiger partial charge in [0.25, 0.3) is 0 Å². The molecule has 1 saturated heterocycles. The Hall–Kier alpha value is -0.120. The van der Waals surface area contributed by atoms with Gasteiger partial charge in [0, 0.05) is 18.6 Å². The average Bonchev–Trinajstić information content (AvgIpc) is 3.02. The molecule has 2 fully saturated rings. The lowest BCUT2D eigenvalue weighted by molar-refractivity contribution is 0.214. The molecule has 2 N–H and O–H groups in total. The third kappa shape index (κ3) is 3.44. The Morgan fingerprint density at radius 1 is 1.38 bits per heavy atom. The third-order valence-corrected chi connectivity index (χ3v) is 4.27. The van der Waals surface area contributed by atoms with Crippen molar-refractivity contribution < 1.29 is 0 Å². The molecule has 0 aromatic heterocycles.